The van der Waals surface area contributed by atoms with Gasteiger partial charge >= 0.3 is 5.69 Å². The molecule has 3 amide bonds. The SMILES string of the molecule is Cc1ccc(NC(=O)CN2C(=O)S/C(=C/c3ccc(Oc4ccc([N+](=O)[O-])cc4[N+](=O)[O-])cc3)C2=O)cc1C. The number of nitro groups is 2. The molecule has 13 heteroatoms. The number of thioether (sulfide) groups is 1. The number of nitro benzene ring substituents is 2. The van der Waals surface area contributed by atoms with Crippen molar-refractivity contribution in [2.24, 2.45) is 0 Å². The Morgan fingerprint density at radius 2 is 1.69 bits per heavy atom. The molecule has 1 fully saturated rings. The third-order valence-electron chi connectivity index (χ3n) is 5.72. The van der Waals surface area contributed by atoms with E-state index in [-0.39, 0.29) is 16.4 Å². The van der Waals surface area contributed by atoms with E-state index in [2.05, 4.69) is 5.32 Å². The van der Waals surface area contributed by atoms with Crippen molar-refractivity contribution in [2.75, 3.05) is 11.9 Å². The molecular formula is C26H20N4O8S. The van der Waals surface area contributed by atoms with Gasteiger partial charge in [0.15, 0.2) is 0 Å². The van der Waals surface area contributed by atoms with Gasteiger partial charge in [-0.2, -0.15) is 0 Å². The van der Waals surface area contributed by atoms with Gasteiger partial charge in [0.1, 0.15) is 12.3 Å². The summed E-state index contributed by atoms with van der Waals surface area (Å²) in [4.78, 5) is 59.3. The quantitative estimate of drug-likeness (QED) is 0.215. The molecule has 0 radical (unpaired) electrons. The smallest absolute Gasteiger partial charge is 0.318 e. The first-order valence-electron chi connectivity index (χ1n) is 11.3. The minimum Gasteiger partial charge on any atom is -0.450 e. The van der Waals surface area contributed by atoms with Crippen molar-refractivity contribution in [3.05, 3.63) is 102 Å². The van der Waals surface area contributed by atoms with E-state index in [1.54, 1.807) is 24.3 Å². The number of anilines is 1. The highest BCUT2D eigenvalue weighted by Crippen LogP contribution is 2.35. The van der Waals surface area contributed by atoms with Gasteiger partial charge in [0, 0.05) is 11.8 Å². The van der Waals surface area contributed by atoms with E-state index in [9.17, 15) is 34.6 Å². The predicted octanol–water partition coefficient (Wildman–Crippen LogP) is 5.59. The molecule has 12 nitrogen and oxygen atoms in total. The Labute approximate surface area is 225 Å². The molecule has 0 saturated carbocycles. The van der Waals surface area contributed by atoms with Gasteiger partial charge in [-0.1, -0.05) is 18.2 Å². The standard InChI is InChI=1S/C26H20N4O8S/c1-15-3-6-18(11-16(15)2)27-24(31)14-28-25(32)23(39-26(28)33)12-17-4-8-20(9-5-17)38-22-10-7-19(29(34)35)13-21(22)30(36)37/h3-13H,14H2,1-2H3,(H,27,31)/b23-12+. The summed E-state index contributed by atoms with van der Waals surface area (Å²) in [6, 6.07) is 14.5. The molecule has 1 aliphatic rings. The van der Waals surface area contributed by atoms with Crippen molar-refractivity contribution >= 4 is 52.0 Å². The highest BCUT2D eigenvalue weighted by molar-refractivity contribution is 8.18. The van der Waals surface area contributed by atoms with E-state index < -0.39 is 44.8 Å². The maximum atomic E-state index is 12.8. The largest absolute Gasteiger partial charge is 0.450 e. The van der Waals surface area contributed by atoms with Gasteiger partial charge in [0.05, 0.1) is 20.8 Å². The summed E-state index contributed by atoms with van der Waals surface area (Å²) in [6.45, 7) is 3.42. The number of nitrogens with zero attached hydrogens (tertiary/aromatic N) is 3. The van der Waals surface area contributed by atoms with E-state index in [4.69, 9.17) is 4.74 Å². The minimum absolute atomic E-state index is 0.124. The monoisotopic (exact) mass is 548 g/mol. The van der Waals surface area contributed by atoms with Crippen LogP contribution in [0.15, 0.2) is 65.6 Å². The molecule has 0 atom stereocenters. The van der Waals surface area contributed by atoms with Crippen LogP contribution >= 0.6 is 11.8 Å². The molecule has 4 rings (SSSR count). The number of rotatable bonds is 8. The van der Waals surface area contributed by atoms with Gasteiger partial charge in [-0.05, 0) is 78.7 Å². The molecule has 0 aromatic heterocycles. The Hall–Kier alpha value is -5.04. The van der Waals surface area contributed by atoms with Crippen LogP contribution in [0.25, 0.3) is 6.08 Å². The molecule has 1 N–H and O–H groups in total. The lowest BCUT2D eigenvalue weighted by Crippen LogP contribution is -2.36. The van der Waals surface area contributed by atoms with Crippen LogP contribution in [0.5, 0.6) is 11.5 Å². The Kier molecular flexibility index (Phi) is 7.72. The van der Waals surface area contributed by atoms with Crippen LogP contribution in [0.2, 0.25) is 0 Å². The van der Waals surface area contributed by atoms with E-state index >= 15 is 0 Å². The van der Waals surface area contributed by atoms with Gasteiger partial charge in [-0.3, -0.25) is 39.5 Å². The number of nitrogens with one attached hydrogen (secondary N) is 1. The number of hydrogen-bond acceptors (Lipinski definition) is 9. The Balaban J connectivity index is 1.43. The number of amides is 3. The molecule has 39 heavy (non-hydrogen) atoms. The fraction of sp³-hybridized carbons (Fsp3) is 0.115. The number of non-ortho nitro benzene ring substituents is 1. The van der Waals surface area contributed by atoms with Crippen molar-refractivity contribution in [2.45, 2.75) is 13.8 Å². The molecule has 0 bridgehead atoms. The van der Waals surface area contributed by atoms with Gasteiger partial charge in [0.2, 0.25) is 11.7 Å². The lowest BCUT2D eigenvalue weighted by molar-refractivity contribution is -0.394. The van der Waals surface area contributed by atoms with Crippen molar-refractivity contribution in [3.8, 4) is 11.5 Å². The summed E-state index contributed by atoms with van der Waals surface area (Å²) >= 11 is 0.702. The highest BCUT2D eigenvalue weighted by Gasteiger charge is 2.36. The van der Waals surface area contributed by atoms with Crippen LogP contribution in [0.4, 0.5) is 21.9 Å². The third kappa shape index (κ3) is 6.27. The van der Waals surface area contributed by atoms with Crippen molar-refractivity contribution in [1.82, 2.24) is 4.90 Å². The molecule has 3 aromatic rings. The van der Waals surface area contributed by atoms with Gasteiger partial charge in [-0.15, -0.1) is 0 Å². The van der Waals surface area contributed by atoms with E-state index in [0.717, 1.165) is 34.2 Å². The average Bonchev–Trinajstić information content (AvgIpc) is 3.14. The Bertz CT molecular complexity index is 1550. The summed E-state index contributed by atoms with van der Waals surface area (Å²) in [5.74, 6) is -1.09. The average molecular weight is 549 g/mol. The van der Waals surface area contributed by atoms with E-state index in [0.29, 0.717) is 23.0 Å². The van der Waals surface area contributed by atoms with Crippen LogP contribution in [-0.4, -0.2) is 38.3 Å². The first-order valence-corrected chi connectivity index (χ1v) is 12.2. The second-order valence-electron chi connectivity index (χ2n) is 8.45. The summed E-state index contributed by atoms with van der Waals surface area (Å²) in [6.07, 6.45) is 1.48. The topological polar surface area (TPSA) is 162 Å². The summed E-state index contributed by atoms with van der Waals surface area (Å²) in [7, 11) is 0. The summed E-state index contributed by atoms with van der Waals surface area (Å²) in [5, 5.41) is 24.3. The van der Waals surface area contributed by atoms with Crippen LogP contribution in [0.1, 0.15) is 16.7 Å². The Morgan fingerprint density at radius 1 is 0.974 bits per heavy atom. The van der Waals surface area contributed by atoms with E-state index in [1.165, 1.54) is 18.2 Å². The van der Waals surface area contributed by atoms with Crippen molar-refractivity contribution in [1.29, 1.82) is 0 Å². The van der Waals surface area contributed by atoms with Crippen LogP contribution in [0, 0.1) is 34.1 Å². The predicted molar refractivity (Wildman–Crippen MR) is 143 cm³/mol. The minimum atomic E-state index is -0.783. The Morgan fingerprint density at radius 3 is 2.33 bits per heavy atom. The van der Waals surface area contributed by atoms with E-state index in [1.807, 2.05) is 19.9 Å². The number of ether oxygens (including phenoxy) is 1. The lowest BCUT2D eigenvalue weighted by atomic mass is 10.1. The highest BCUT2D eigenvalue weighted by atomic mass is 32.2. The van der Waals surface area contributed by atoms with Crippen molar-refractivity contribution < 1.29 is 29.0 Å². The first kappa shape index (κ1) is 27.0. The molecular weight excluding hydrogens is 528 g/mol. The number of aryl methyl sites for hydroxylation is 2. The molecule has 198 valence electrons. The van der Waals surface area contributed by atoms with Gasteiger partial charge in [-0.25, -0.2) is 0 Å². The zero-order valence-corrected chi connectivity index (χ0v) is 21.4. The fourth-order valence-electron chi connectivity index (χ4n) is 3.56. The molecule has 1 heterocycles. The lowest BCUT2D eigenvalue weighted by Gasteiger charge is -2.13. The second-order valence-corrected chi connectivity index (χ2v) is 9.45. The number of benzene rings is 3. The number of imide groups is 1. The summed E-state index contributed by atoms with van der Waals surface area (Å²) in [5.41, 5.74) is 2.14. The van der Waals surface area contributed by atoms with Gasteiger partial charge in [0.25, 0.3) is 16.8 Å². The normalized spacial score (nSPS) is 14.0. The van der Waals surface area contributed by atoms with Crippen LogP contribution < -0.4 is 10.1 Å². The molecule has 0 aliphatic carbocycles. The van der Waals surface area contributed by atoms with Gasteiger partial charge < -0.3 is 10.1 Å². The third-order valence-corrected chi connectivity index (χ3v) is 6.63. The molecule has 3 aromatic carbocycles. The maximum absolute atomic E-state index is 12.8. The maximum Gasteiger partial charge on any atom is 0.318 e. The molecule has 1 aliphatic heterocycles. The second kappa shape index (κ2) is 11.1. The molecule has 0 unspecified atom stereocenters. The zero-order chi connectivity index (χ0) is 28.3. The van der Waals surface area contributed by atoms with Crippen LogP contribution in [0.3, 0.4) is 0 Å². The number of carbonyl (C=O) groups excluding carboxylic acids is 3. The number of hydrogen-bond donors (Lipinski definition) is 1. The zero-order valence-electron chi connectivity index (χ0n) is 20.6. The molecule has 1 saturated heterocycles. The fourth-order valence-corrected chi connectivity index (χ4v) is 4.40. The molecule has 0 spiro atoms. The first-order chi connectivity index (χ1) is 18.5. The van der Waals surface area contributed by atoms with Crippen LogP contribution in [-0.2, 0) is 9.59 Å². The van der Waals surface area contributed by atoms with Crippen molar-refractivity contribution in [3.63, 3.8) is 0 Å². The number of carbonyl (C=O) groups is 3. The summed E-state index contributed by atoms with van der Waals surface area (Å²) < 4.78 is 5.53.